The maximum absolute atomic E-state index is 3.32. The Morgan fingerprint density at radius 3 is 1.27 bits per heavy atom. The fourth-order valence-electron chi connectivity index (χ4n) is 9.90. The number of nitrogens with zero attached hydrogens (tertiary/aromatic N) is 4. The van der Waals surface area contributed by atoms with Gasteiger partial charge in [0.15, 0.2) is 0 Å². The molecular weight excluding hydrogens is 849 g/mol. The van der Waals surface area contributed by atoms with E-state index in [1.807, 2.05) is 6.07 Å². The standard InChI is InChI=1S/C66H48N4/c1-4-22-55(23-5-1)68(64-31-28-49-16-10-13-19-52(49)46-64)61-40-34-58(35-41-61)67(59-36-42-62(43-37-59)69(56-24-6-2-7-25-56)65-32-29-50-17-11-14-20-53(50)47-65)60-38-44-63(45-39-60)70(57-26-8-3-9-27-57)66-33-30-51-18-12-15-21-54(51)48-66/h1-14,16-20,22-42,44-48,62H,43H2. The molecule has 4 nitrogen and oxygen atoms in total. The highest BCUT2D eigenvalue weighted by atomic mass is 15.2. The van der Waals surface area contributed by atoms with Crippen molar-refractivity contribution in [3.63, 3.8) is 0 Å². The van der Waals surface area contributed by atoms with E-state index in [9.17, 15) is 0 Å². The third kappa shape index (κ3) is 8.38. The van der Waals surface area contributed by atoms with Crippen LogP contribution in [0.2, 0.25) is 0 Å². The monoisotopic (exact) mass is 896 g/mol. The second-order valence-corrected chi connectivity index (χ2v) is 17.6. The van der Waals surface area contributed by atoms with E-state index in [1.54, 1.807) is 0 Å². The molecule has 0 radical (unpaired) electrons. The van der Waals surface area contributed by atoms with Gasteiger partial charge < -0.3 is 19.6 Å². The molecule has 12 rings (SSSR count). The number of benzene rings is 10. The smallest absolute Gasteiger partial charge is 0.0561 e. The van der Waals surface area contributed by atoms with Crippen LogP contribution in [0.25, 0.3) is 32.3 Å². The first-order valence-corrected chi connectivity index (χ1v) is 23.9. The molecule has 0 bridgehead atoms. The van der Waals surface area contributed by atoms with E-state index in [1.165, 1.54) is 27.2 Å². The molecule has 4 heteroatoms. The van der Waals surface area contributed by atoms with Crippen LogP contribution in [0.15, 0.2) is 279 Å². The summed E-state index contributed by atoms with van der Waals surface area (Å²) in [5, 5.41) is 7.05. The summed E-state index contributed by atoms with van der Waals surface area (Å²) in [5.74, 6) is 0. The highest BCUT2D eigenvalue weighted by Gasteiger charge is 2.24. The van der Waals surface area contributed by atoms with Crippen molar-refractivity contribution in [1.82, 2.24) is 0 Å². The Morgan fingerprint density at radius 2 is 0.743 bits per heavy atom. The number of anilines is 10. The first-order chi connectivity index (χ1) is 34.7. The second kappa shape index (κ2) is 18.8. The predicted octanol–water partition coefficient (Wildman–Crippen LogP) is 17.9. The quantitative estimate of drug-likeness (QED) is 0.121. The van der Waals surface area contributed by atoms with Gasteiger partial charge in [-0.15, -0.1) is 0 Å². The fraction of sp³-hybridized carbons (Fsp3) is 0.0303. The summed E-state index contributed by atoms with van der Waals surface area (Å²) in [6.07, 6.45) is 7.88. The van der Waals surface area contributed by atoms with E-state index in [0.717, 1.165) is 74.1 Å². The molecule has 0 heterocycles. The van der Waals surface area contributed by atoms with Crippen LogP contribution in [0.1, 0.15) is 6.42 Å². The van der Waals surface area contributed by atoms with Gasteiger partial charge in [0.25, 0.3) is 0 Å². The predicted molar refractivity (Wildman–Crippen MR) is 295 cm³/mol. The van der Waals surface area contributed by atoms with Gasteiger partial charge in [-0.3, -0.25) is 0 Å². The van der Waals surface area contributed by atoms with Crippen LogP contribution in [-0.4, -0.2) is 6.04 Å². The second-order valence-electron chi connectivity index (χ2n) is 17.6. The first-order valence-electron chi connectivity index (χ1n) is 23.9. The highest BCUT2D eigenvalue weighted by molar-refractivity contribution is 5.91. The van der Waals surface area contributed by atoms with Gasteiger partial charge in [0.1, 0.15) is 0 Å². The van der Waals surface area contributed by atoms with Crippen LogP contribution in [-0.2, 0) is 0 Å². The zero-order chi connectivity index (χ0) is 46.6. The molecular formula is C66H48N4. The SMILES string of the molecule is c1ccc2ccc(N(c3ccccc3)c3ccc(N(C4=CCC(N(c5ccccc5)c5ccc6ccccc6c5)C=C4)c4ccc(N(c5ccccc5)c5ccc6ccccc6c5)cc4)cc3)cc2c#1. The summed E-state index contributed by atoms with van der Waals surface area (Å²) < 4.78 is 0. The van der Waals surface area contributed by atoms with Crippen LogP contribution in [0, 0.1) is 12.1 Å². The lowest BCUT2D eigenvalue weighted by Crippen LogP contribution is -2.31. The van der Waals surface area contributed by atoms with Crippen molar-refractivity contribution >= 4 is 89.2 Å². The molecule has 0 spiro atoms. The average Bonchev–Trinajstić information content (AvgIpc) is 3.43. The summed E-state index contributed by atoms with van der Waals surface area (Å²) in [4.78, 5) is 9.50. The topological polar surface area (TPSA) is 13.0 Å². The van der Waals surface area contributed by atoms with Crippen molar-refractivity contribution in [1.29, 1.82) is 0 Å². The maximum atomic E-state index is 3.32. The van der Waals surface area contributed by atoms with Crippen LogP contribution < -0.4 is 19.6 Å². The Kier molecular flexibility index (Phi) is 11.3. The van der Waals surface area contributed by atoms with Gasteiger partial charge >= 0.3 is 0 Å². The average molecular weight is 897 g/mol. The Hall–Kier alpha value is -9.30. The molecule has 1 unspecified atom stereocenters. The van der Waals surface area contributed by atoms with Gasteiger partial charge in [-0.2, -0.15) is 0 Å². The molecule has 0 amide bonds. The highest BCUT2D eigenvalue weighted by Crippen LogP contribution is 2.42. The summed E-state index contributed by atoms with van der Waals surface area (Å²) in [7, 11) is 0. The third-order valence-corrected chi connectivity index (χ3v) is 13.3. The van der Waals surface area contributed by atoms with Crippen molar-refractivity contribution in [3.05, 3.63) is 291 Å². The number of rotatable bonds is 12. The Bertz CT molecular complexity index is 3480. The molecule has 0 saturated carbocycles. The minimum atomic E-state index is 0.0940. The molecule has 0 saturated heterocycles. The molecule has 0 aromatic heterocycles. The van der Waals surface area contributed by atoms with Crippen molar-refractivity contribution < 1.29 is 0 Å². The minimum absolute atomic E-state index is 0.0940. The molecule has 0 N–H and O–H groups in total. The fourth-order valence-corrected chi connectivity index (χ4v) is 9.90. The van der Waals surface area contributed by atoms with Gasteiger partial charge in [-0.25, -0.2) is 0 Å². The lowest BCUT2D eigenvalue weighted by Gasteiger charge is -2.35. The van der Waals surface area contributed by atoms with Crippen molar-refractivity contribution in [2.24, 2.45) is 0 Å². The van der Waals surface area contributed by atoms with Gasteiger partial charge in [-0.1, -0.05) is 146 Å². The van der Waals surface area contributed by atoms with E-state index >= 15 is 0 Å². The number of para-hydroxylation sites is 3. The zero-order valence-corrected chi connectivity index (χ0v) is 38.6. The van der Waals surface area contributed by atoms with Gasteiger partial charge in [-0.05, 0) is 173 Å². The zero-order valence-electron chi connectivity index (χ0n) is 38.6. The molecule has 1 aliphatic rings. The van der Waals surface area contributed by atoms with E-state index in [2.05, 4.69) is 299 Å². The van der Waals surface area contributed by atoms with Crippen molar-refractivity contribution in [2.45, 2.75) is 12.5 Å². The third-order valence-electron chi connectivity index (χ3n) is 13.3. The van der Waals surface area contributed by atoms with Crippen molar-refractivity contribution in [3.8, 4) is 0 Å². The van der Waals surface area contributed by atoms with E-state index in [4.69, 9.17) is 0 Å². The van der Waals surface area contributed by atoms with Crippen LogP contribution in [0.3, 0.4) is 0 Å². The van der Waals surface area contributed by atoms with Gasteiger partial charge in [0.2, 0.25) is 0 Å². The van der Waals surface area contributed by atoms with Gasteiger partial charge in [0, 0.05) is 68.0 Å². The number of fused-ring (bicyclic) bond motifs is 3. The van der Waals surface area contributed by atoms with Crippen LogP contribution in [0.5, 0.6) is 0 Å². The molecule has 0 fully saturated rings. The normalized spacial score (nSPS) is 13.1. The molecule has 332 valence electrons. The minimum Gasteiger partial charge on any atom is -0.334 e. The lowest BCUT2D eigenvalue weighted by atomic mass is 10.0. The Labute approximate surface area is 410 Å². The molecule has 11 aromatic rings. The first kappa shape index (κ1) is 42.1. The van der Waals surface area contributed by atoms with Crippen LogP contribution in [0.4, 0.5) is 56.9 Å². The summed E-state index contributed by atoms with van der Waals surface area (Å²) in [6, 6.07) is 97.7. The summed E-state index contributed by atoms with van der Waals surface area (Å²) in [5.41, 5.74) is 12.0. The molecule has 1 atom stereocenters. The largest absolute Gasteiger partial charge is 0.334 e. The number of hydrogen-bond donors (Lipinski definition) is 0. The van der Waals surface area contributed by atoms with E-state index in [-0.39, 0.29) is 6.04 Å². The molecule has 70 heavy (non-hydrogen) atoms. The number of hydrogen-bond acceptors (Lipinski definition) is 4. The lowest BCUT2D eigenvalue weighted by molar-refractivity contribution is 0.777. The van der Waals surface area contributed by atoms with E-state index < -0.39 is 0 Å². The molecule has 11 aromatic carbocycles. The Morgan fingerprint density at radius 1 is 0.329 bits per heavy atom. The molecule has 1 aliphatic carbocycles. The molecule has 0 aliphatic heterocycles. The summed E-state index contributed by atoms with van der Waals surface area (Å²) in [6.45, 7) is 0. The number of allylic oxidation sites excluding steroid dienone is 1. The van der Waals surface area contributed by atoms with Gasteiger partial charge in [0.05, 0.1) is 6.04 Å². The van der Waals surface area contributed by atoms with Crippen LogP contribution >= 0.6 is 0 Å². The van der Waals surface area contributed by atoms with Crippen molar-refractivity contribution in [2.75, 3.05) is 19.6 Å². The van der Waals surface area contributed by atoms with E-state index in [0.29, 0.717) is 0 Å². The maximum Gasteiger partial charge on any atom is 0.0561 e. The summed E-state index contributed by atoms with van der Waals surface area (Å²) >= 11 is 0. The Balaban J connectivity index is 0.937.